The molecule has 1 N–H and O–H groups in total. The lowest BCUT2D eigenvalue weighted by Gasteiger charge is -2.17. The maximum Gasteiger partial charge on any atom is 0.216 e. The molecule has 0 atom stereocenters. The minimum Gasteiger partial charge on any atom is -0.355 e. The number of carbonyl (C=O) groups excluding carboxylic acids is 1. The molecule has 14 heavy (non-hydrogen) atoms. The molecule has 0 unspecified atom stereocenters. The summed E-state index contributed by atoms with van der Waals surface area (Å²) in [5.41, 5.74) is 0. The molecule has 82 valence electrons. The maximum absolute atomic E-state index is 11.2. The zero-order chi connectivity index (χ0) is 11.2. The number of nitrogens with one attached hydrogen (secondary N) is 1. The third kappa shape index (κ3) is 5.71. The number of rotatable bonds is 6. The van der Waals surface area contributed by atoms with E-state index in [1.165, 1.54) is 17.3 Å². The Kier molecular flexibility index (Phi) is 5.40. The number of carbonyl (C=O) groups is 1. The molecule has 6 heteroatoms. The van der Waals surface area contributed by atoms with Crippen LogP contribution in [0.3, 0.4) is 0 Å². The Balaban J connectivity index is 4.12. The van der Waals surface area contributed by atoms with Crippen LogP contribution in [0.2, 0.25) is 0 Å². The van der Waals surface area contributed by atoms with Gasteiger partial charge in [-0.25, -0.2) is 8.42 Å². The van der Waals surface area contributed by atoms with Crippen molar-refractivity contribution in [2.45, 2.75) is 6.92 Å². The van der Waals surface area contributed by atoms with E-state index in [0.717, 1.165) is 6.26 Å². The van der Waals surface area contributed by atoms with Crippen LogP contribution in [0.25, 0.3) is 0 Å². The summed E-state index contributed by atoms with van der Waals surface area (Å²) in [7, 11) is -3.21. The zero-order valence-electron chi connectivity index (χ0n) is 8.49. The van der Waals surface area contributed by atoms with E-state index >= 15 is 0 Å². The van der Waals surface area contributed by atoms with Gasteiger partial charge in [0, 0.05) is 26.6 Å². The third-order valence-corrected chi connectivity index (χ3v) is 2.81. The molecule has 0 radical (unpaired) electrons. The Morgan fingerprint density at radius 3 is 2.50 bits per heavy atom. The summed E-state index contributed by atoms with van der Waals surface area (Å²) < 4.78 is 23.6. The fraction of sp³-hybridized carbons (Fsp3) is 0.625. The first-order chi connectivity index (χ1) is 6.38. The fourth-order valence-corrected chi connectivity index (χ4v) is 1.69. The minimum absolute atomic E-state index is 0.169. The highest BCUT2D eigenvalue weighted by Crippen LogP contribution is 1.96. The largest absolute Gasteiger partial charge is 0.355 e. The average Bonchev–Trinajstić information content (AvgIpc) is 2.00. The smallest absolute Gasteiger partial charge is 0.216 e. The summed E-state index contributed by atoms with van der Waals surface area (Å²) in [5.74, 6) is -0.169. The predicted octanol–water partition coefficient (Wildman–Crippen LogP) is -0.430. The minimum atomic E-state index is -3.21. The first kappa shape index (κ1) is 13.1. The standard InChI is InChI=1S/C8H16N2O3S/c1-4-6-10(14(3,12)13)7-5-9-8(2)11/h4H,1,5-7H2,2-3H3,(H,9,11). The van der Waals surface area contributed by atoms with Gasteiger partial charge in [0.25, 0.3) is 0 Å². The maximum atomic E-state index is 11.2. The lowest BCUT2D eigenvalue weighted by Crippen LogP contribution is -2.37. The van der Waals surface area contributed by atoms with Crippen molar-refractivity contribution in [3.05, 3.63) is 12.7 Å². The highest BCUT2D eigenvalue weighted by Gasteiger charge is 2.13. The number of hydrogen-bond donors (Lipinski definition) is 1. The van der Waals surface area contributed by atoms with Gasteiger partial charge in [-0.3, -0.25) is 4.79 Å². The van der Waals surface area contributed by atoms with Crippen LogP contribution in [0, 0.1) is 0 Å². The van der Waals surface area contributed by atoms with Gasteiger partial charge >= 0.3 is 0 Å². The molecule has 0 aromatic heterocycles. The molecule has 0 fully saturated rings. The summed E-state index contributed by atoms with van der Waals surface area (Å²) in [6.45, 7) is 5.70. The first-order valence-corrected chi connectivity index (χ1v) is 6.03. The van der Waals surface area contributed by atoms with Crippen LogP contribution in [0.15, 0.2) is 12.7 Å². The van der Waals surface area contributed by atoms with Crippen LogP contribution in [0.1, 0.15) is 6.92 Å². The van der Waals surface area contributed by atoms with Crippen molar-refractivity contribution >= 4 is 15.9 Å². The molecule has 0 bridgehead atoms. The number of hydrogen-bond acceptors (Lipinski definition) is 3. The second-order valence-corrected chi connectivity index (χ2v) is 4.88. The van der Waals surface area contributed by atoms with E-state index in [1.807, 2.05) is 0 Å². The molecule has 0 aliphatic rings. The molecule has 1 amide bonds. The van der Waals surface area contributed by atoms with Gasteiger partial charge < -0.3 is 5.32 Å². The molecular formula is C8H16N2O3S. The van der Waals surface area contributed by atoms with Gasteiger partial charge in [-0.15, -0.1) is 6.58 Å². The van der Waals surface area contributed by atoms with Crippen LogP contribution in [0.5, 0.6) is 0 Å². The van der Waals surface area contributed by atoms with Crippen molar-refractivity contribution in [1.29, 1.82) is 0 Å². The van der Waals surface area contributed by atoms with Gasteiger partial charge in [-0.1, -0.05) is 6.08 Å². The van der Waals surface area contributed by atoms with Gasteiger partial charge in [0.05, 0.1) is 6.26 Å². The Bertz CT molecular complexity index is 298. The van der Waals surface area contributed by atoms with Crippen LogP contribution < -0.4 is 5.32 Å². The highest BCUT2D eigenvalue weighted by atomic mass is 32.2. The van der Waals surface area contributed by atoms with E-state index < -0.39 is 10.0 Å². The summed E-state index contributed by atoms with van der Waals surface area (Å²) in [5, 5.41) is 2.53. The Morgan fingerprint density at radius 2 is 2.14 bits per heavy atom. The van der Waals surface area contributed by atoms with Gasteiger partial charge in [-0.2, -0.15) is 4.31 Å². The predicted molar refractivity (Wildman–Crippen MR) is 55.3 cm³/mol. The van der Waals surface area contributed by atoms with Crippen LogP contribution in [-0.4, -0.2) is 44.5 Å². The van der Waals surface area contributed by atoms with Gasteiger partial charge in [0.1, 0.15) is 0 Å². The van der Waals surface area contributed by atoms with E-state index in [-0.39, 0.29) is 19.0 Å². The molecular weight excluding hydrogens is 204 g/mol. The summed E-state index contributed by atoms with van der Waals surface area (Å²) in [4.78, 5) is 10.5. The van der Waals surface area contributed by atoms with E-state index in [9.17, 15) is 13.2 Å². The zero-order valence-corrected chi connectivity index (χ0v) is 9.30. The summed E-state index contributed by atoms with van der Waals surface area (Å²) in [6.07, 6.45) is 2.64. The lowest BCUT2D eigenvalue weighted by molar-refractivity contribution is -0.118. The number of sulfonamides is 1. The average molecular weight is 220 g/mol. The SMILES string of the molecule is C=CCN(CCNC(C)=O)S(C)(=O)=O. The Labute approximate surface area is 84.8 Å². The van der Waals surface area contributed by atoms with Crippen LogP contribution >= 0.6 is 0 Å². The van der Waals surface area contributed by atoms with E-state index in [0.29, 0.717) is 6.54 Å². The molecule has 0 saturated heterocycles. The van der Waals surface area contributed by atoms with Crippen molar-refractivity contribution in [2.24, 2.45) is 0 Å². The van der Waals surface area contributed by atoms with Crippen LogP contribution in [-0.2, 0) is 14.8 Å². The Morgan fingerprint density at radius 1 is 1.57 bits per heavy atom. The molecule has 0 heterocycles. The highest BCUT2D eigenvalue weighted by molar-refractivity contribution is 7.88. The van der Waals surface area contributed by atoms with E-state index in [2.05, 4.69) is 11.9 Å². The number of amides is 1. The first-order valence-electron chi connectivity index (χ1n) is 4.18. The number of nitrogens with zero attached hydrogens (tertiary/aromatic N) is 1. The van der Waals surface area contributed by atoms with Crippen molar-refractivity contribution in [2.75, 3.05) is 25.9 Å². The van der Waals surface area contributed by atoms with Crippen molar-refractivity contribution < 1.29 is 13.2 Å². The van der Waals surface area contributed by atoms with Crippen molar-refractivity contribution in [3.8, 4) is 0 Å². The van der Waals surface area contributed by atoms with E-state index in [1.54, 1.807) is 0 Å². The van der Waals surface area contributed by atoms with Gasteiger partial charge in [0.2, 0.25) is 15.9 Å². The normalized spacial score (nSPS) is 11.4. The summed E-state index contributed by atoms with van der Waals surface area (Å²) in [6, 6.07) is 0. The Hall–Kier alpha value is -0.880. The molecule has 0 aliphatic heterocycles. The van der Waals surface area contributed by atoms with Crippen molar-refractivity contribution in [3.63, 3.8) is 0 Å². The second-order valence-electron chi connectivity index (χ2n) is 2.89. The fourth-order valence-electron chi connectivity index (χ4n) is 0.893. The topological polar surface area (TPSA) is 66.5 Å². The molecule has 0 aromatic carbocycles. The van der Waals surface area contributed by atoms with Gasteiger partial charge in [-0.05, 0) is 0 Å². The quantitative estimate of drug-likeness (QED) is 0.618. The molecule has 0 aromatic rings. The molecule has 0 rings (SSSR count). The van der Waals surface area contributed by atoms with Crippen molar-refractivity contribution in [1.82, 2.24) is 9.62 Å². The second kappa shape index (κ2) is 5.77. The molecule has 0 aliphatic carbocycles. The molecule has 5 nitrogen and oxygen atoms in total. The third-order valence-electron chi connectivity index (χ3n) is 1.54. The van der Waals surface area contributed by atoms with Crippen LogP contribution in [0.4, 0.5) is 0 Å². The molecule has 0 saturated carbocycles. The van der Waals surface area contributed by atoms with E-state index in [4.69, 9.17) is 0 Å². The monoisotopic (exact) mass is 220 g/mol. The lowest BCUT2D eigenvalue weighted by atomic mass is 10.5. The summed E-state index contributed by atoms with van der Waals surface area (Å²) >= 11 is 0. The van der Waals surface area contributed by atoms with Gasteiger partial charge in [0.15, 0.2) is 0 Å². The molecule has 0 spiro atoms.